The van der Waals surface area contributed by atoms with Gasteiger partial charge in [-0.25, -0.2) is 0 Å². The number of methoxy groups -OCH3 is 1. The summed E-state index contributed by atoms with van der Waals surface area (Å²) in [5, 5.41) is 6.09. The van der Waals surface area contributed by atoms with Crippen molar-refractivity contribution in [3.63, 3.8) is 0 Å². The minimum absolute atomic E-state index is 0.123. The summed E-state index contributed by atoms with van der Waals surface area (Å²) in [6.07, 6.45) is 1.42. The number of ether oxygens (including phenoxy) is 1. The number of pyridine rings is 1. The van der Waals surface area contributed by atoms with Crippen molar-refractivity contribution < 1.29 is 14.3 Å². The van der Waals surface area contributed by atoms with Gasteiger partial charge in [-0.1, -0.05) is 23.7 Å². The maximum absolute atomic E-state index is 12.5. The second kappa shape index (κ2) is 8.54. The highest BCUT2D eigenvalue weighted by atomic mass is 35.5. The Bertz CT molecular complexity index is 1040. The van der Waals surface area contributed by atoms with Crippen molar-refractivity contribution in [2.24, 2.45) is 0 Å². The average Bonchev–Trinajstić information content (AvgIpc) is 2.71. The molecule has 0 aliphatic heterocycles. The molecule has 0 fully saturated rings. The van der Waals surface area contributed by atoms with Crippen molar-refractivity contribution in [1.29, 1.82) is 0 Å². The molecule has 28 heavy (non-hydrogen) atoms. The van der Waals surface area contributed by atoms with Gasteiger partial charge in [-0.05, 0) is 48.9 Å². The fourth-order valence-electron chi connectivity index (χ4n) is 2.53. The third-order valence-electron chi connectivity index (χ3n) is 4.10. The van der Waals surface area contributed by atoms with Crippen molar-refractivity contribution in [2.45, 2.75) is 6.92 Å². The zero-order valence-electron chi connectivity index (χ0n) is 15.3. The van der Waals surface area contributed by atoms with E-state index in [-0.39, 0.29) is 11.6 Å². The topological polar surface area (TPSA) is 80.3 Å². The molecule has 0 aliphatic carbocycles. The normalized spacial score (nSPS) is 10.2. The predicted molar refractivity (Wildman–Crippen MR) is 109 cm³/mol. The van der Waals surface area contributed by atoms with Crippen molar-refractivity contribution in [2.75, 3.05) is 17.7 Å². The molecular formula is C21H18ClN3O3. The number of hydrogen-bond acceptors (Lipinski definition) is 4. The van der Waals surface area contributed by atoms with Crippen LogP contribution in [0.3, 0.4) is 0 Å². The minimum Gasteiger partial charge on any atom is -0.497 e. The van der Waals surface area contributed by atoms with Crippen LogP contribution in [-0.2, 0) is 0 Å². The van der Waals surface area contributed by atoms with Crippen LogP contribution < -0.4 is 15.4 Å². The molecular weight excluding hydrogens is 378 g/mol. The summed E-state index contributed by atoms with van der Waals surface area (Å²) in [5.41, 5.74) is 2.36. The van der Waals surface area contributed by atoms with Crippen LogP contribution in [0.2, 0.25) is 5.02 Å². The number of aromatic nitrogens is 1. The SMILES string of the molecule is COc1cccc(NC(=O)c2ccnc(C(=O)Nc3cccc(Cl)c3C)c2)c1. The van der Waals surface area contributed by atoms with E-state index in [9.17, 15) is 9.59 Å². The van der Waals surface area contributed by atoms with Gasteiger partial charge in [-0.15, -0.1) is 0 Å². The number of nitrogens with zero attached hydrogens (tertiary/aromatic N) is 1. The molecule has 1 heterocycles. The highest BCUT2D eigenvalue weighted by Gasteiger charge is 2.14. The monoisotopic (exact) mass is 395 g/mol. The van der Waals surface area contributed by atoms with E-state index in [1.54, 1.807) is 49.6 Å². The van der Waals surface area contributed by atoms with Crippen LogP contribution in [0.1, 0.15) is 26.4 Å². The third-order valence-corrected chi connectivity index (χ3v) is 4.51. The number of amides is 2. The molecule has 3 aromatic rings. The number of anilines is 2. The smallest absolute Gasteiger partial charge is 0.274 e. The summed E-state index contributed by atoms with van der Waals surface area (Å²) in [4.78, 5) is 29.1. The summed E-state index contributed by atoms with van der Waals surface area (Å²) < 4.78 is 5.14. The molecule has 0 atom stereocenters. The van der Waals surface area contributed by atoms with Crippen molar-refractivity contribution in [3.8, 4) is 5.75 Å². The quantitative estimate of drug-likeness (QED) is 0.663. The van der Waals surface area contributed by atoms with Crippen molar-refractivity contribution >= 4 is 34.8 Å². The molecule has 0 unspecified atom stereocenters. The Kier molecular flexibility index (Phi) is 5.91. The van der Waals surface area contributed by atoms with Gasteiger partial charge in [0.15, 0.2) is 0 Å². The standard InChI is InChI=1S/C21H18ClN3O3/c1-13-17(22)7-4-8-18(13)25-21(27)19-11-14(9-10-23-19)20(26)24-15-5-3-6-16(12-15)28-2/h3-12H,1-2H3,(H,24,26)(H,25,27). The minimum atomic E-state index is -0.429. The number of carbonyl (C=O) groups is 2. The first-order valence-electron chi connectivity index (χ1n) is 8.46. The lowest BCUT2D eigenvalue weighted by Gasteiger charge is -2.10. The van der Waals surface area contributed by atoms with Gasteiger partial charge in [0.05, 0.1) is 7.11 Å². The number of rotatable bonds is 5. The maximum Gasteiger partial charge on any atom is 0.274 e. The Balaban J connectivity index is 1.76. The van der Waals surface area contributed by atoms with Gasteiger partial charge in [0, 0.05) is 34.2 Å². The number of hydrogen-bond donors (Lipinski definition) is 2. The van der Waals surface area contributed by atoms with Gasteiger partial charge in [0.1, 0.15) is 11.4 Å². The van der Waals surface area contributed by atoms with Crippen molar-refractivity contribution in [1.82, 2.24) is 4.98 Å². The Labute approximate surface area is 167 Å². The lowest BCUT2D eigenvalue weighted by molar-refractivity contribution is 0.102. The summed E-state index contributed by atoms with van der Waals surface area (Å²) in [7, 11) is 1.55. The second-order valence-electron chi connectivity index (χ2n) is 5.98. The zero-order chi connectivity index (χ0) is 20.1. The van der Waals surface area contributed by atoms with Crippen LogP contribution in [0.5, 0.6) is 5.75 Å². The zero-order valence-corrected chi connectivity index (χ0v) is 16.1. The number of carbonyl (C=O) groups excluding carboxylic acids is 2. The fourth-order valence-corrected chi connectivity index (χ4v) is 2.70. The van der Waals surface area contributed by atoms with Crippen LogP contribution in [0.4, 0.5) is 11.4 Å². The van der Waals surface area contributed by atoms with E-state index in [2.05, 4.69) is 15.6 Å². The van der Waals surface area contributed by atoms with E-state index >= 15 is 0 Å². The first-order valence-corrected chi connectivity index (χ1v) is 8.83. The predicted octanol–water partition coefficient (Wildman–Crippen LogP) is 4.56. The lowest BCUT2D eigenvalue weighted by Crippen LogP contribution is -2.17. The molecule has 2 amide bonds. The highest BCUT2D eigenvalue weighted by molar-refractivity contribution is 6.31. The molecule has 2 N–H and O–H groups in total. The summed E-state index contributed by atoms with van der Waals surface area (Å²) in [6.45, 7) is 1.81. The largest absolute Gasteiger partial charge is 0.497 e. The van der Waals surface area contributed by atoms with E-state index in [0.29, 0.717) is 27.7 Å². The molecule has 0 aliphatic rings. The van der Waals surface area contributed by atoms with Gasteiger partial charge in [0.25, 0.3) is 11.8 Å². The van der Waals surface area contributed by atoms with E-state index in [4.69, 9.17) is 16.3 Å². The fraction of sp³-hybridized carbons (Fsp3) is 0.0952. The highest BCUT2D eigenvalue weighted by Crippen LogP contribution is 2.23. The van der Waals surface area contributed by atoms with Gasteiger partial charge in [-0.2, -0.15) is 0 Å². The van der Waals surface area contributed by atoms with E-state index in [1.807, 2.05) is 6.92 Å². The van der Waals surface area contributed by atoms with Crippen LogP contribution in [0.15, 0.2) is 60.8 Å². The van der Waals surface area contributed by atoms with Gasteiger partial charge < -0.3 is 15.4 Å². The van der Waals surface area contributed by atoms with E-state index < -0.39 is 5.91 Å². The summed E-state index contributed by atoms with van der Waals surface area (Å²) >= 11 is 6.08. The molecule has 0 saturated heterocycles. The molecule has 0 saturated carbocycles. The molecule has 3 rings (SSSR count). The third kappa shape index (κ3) is 4.47. The molecule has 6 nitrogen and oxygen atoms in total. The molecule has 0 bridgehead atoms. The maximum atomic E-state index is 12.5. The van der Waals surface area contributed by atoms with Crippen LogP contribution >= 0.6 is 11.6 Å². The van der Waals surface area contributed by atoms with E-state index in [1.165, 1.54) is 18.3 Å². The average molecular weight is 396 g/mol. The van der Waals surface area contributed by atoms with Gasteiger partial charge in [-0.3, -0.25) is 14.6 Å². The lowest BCUT2D eigenvalue weighted by atomic mass is 10.1. The van der Waals surface area contributed by atoms with Crippen LogP contribution in [0.25, 0.3) is 0 Å². The van der Waals surface area contributed by atoms with Crippen LogP contribution in [-0.4, -0.2) is 23.9 Å². The molecule has 1 aromatic heterocycles. The Hall–Kier alpha value is -3.38. The number of benzene rings is 2. The Morgan fingerprint density at radius 2 is 1.79 bits per heavy atom. The second-order valence-corrected chi connectivity index (χ2v) is 6.39. The van der Waals surface area contributed by atoms with Gasteiger partial charge >= 0.3 is 0 Å². The Morgan fingerprint density at radius 3 is 2.57 bits per heavy atom. The number of nitrogens with one attached hydrogen (secondary N) is 2. The Morgan fingerprint density at radius 1 is 1.00 bits per heavy atom. The van der Waals surface area contributed by atoms with E-state index in [0.717, 1.165) is 5.56 Å². The molecule has 142 valence electrons. The first kappa shape index (κ1) is 19.4. The molecule has 0 radical (unpaired) electrons. The first-order chi connectivity index (χ1) is 13.5. The summed E-state index contributed by atoms with van der Waals surface area (Å²) in [5.74, 6) is -0.158. The molecule has 2 aromatic carbocycles. The molecule has 0 spiro atoms. The van der Waals surface area contributed by atoms with Gasteiger partial charge in [0.2, 0.25) is 0 Å². The molecule has 7 heteroatoms. The van der Waals surface area contributed by atoms with Crippen molar-refractivity contribution in [3.05, 3.63) is 82.6 Å². The van der Waals surface area contributed by atoms with Crippen LogP contribution in [0, 0.1) is 6.92 Å². The summed E-state index contributed by atoms with van der Waals surface area (Å²) in [6, 6.07) is 15.2. The number of halogens is 1.